The Morgan fingerprint density at radius 1 is 1.19 bits per heavy atom. The number of hydrogen-bond acceptors (Lipinski definition) is 6. The number of rotatable bonds is 4. The van der Waals surface area contributed by atoms with Crippen molar-refractivity contribution in [1.29, 1.82) is 0 Å². The van der Waals surface area contributed by atoms with Crippen molar-refractivity contribution in [3.63, 3.8) is 0 Å². The fourth-order valence-corrected chi connectivity index (χ4v) is 5.47. The molecule has 1 amide bonds. The number of benzene rings is 1. The molecule has 0 spiro atoms. The predicted octanol–water partition coefficient (Wildman–Crippen LogP) is 4.29. The fraction of sp³-hybridized carbons (Fsp3) is 0.280. The summed E-state index contributed by atoms with van der Waals surface area (Å²) in [7, 11) is 0. The second kappa shape index (κ2) is 7.76. The number of ether oxygens (including phenoxy) is 1. The van der Waals surface area contributed by atoms with Crippen molar-refractivity contribution in [2.75, 3.05) is 0 Å². The highest BCUT2D eigenvalue weighted by atomic mass is 19.3. The van der Waals surface area contributed by atoms with Gasteiger partial charge in [0, 0.05) is 40.6 Å². The summed E-state index contributed by atoms with van der Waals surface area (Å²) in [5, 5.41) is 15.6. The summed E-state index contributed by atoms with van der Waals surface area (Å²) >= 11 is 0. The van der Waals surface area contributed by atoms with Crippen LogP contribution in [0.3, 0.4) is 0 Å². The molecular weight excluding hydrogens is 475 g/mol. The van der Waals surface area contributed by atoms with Gasteiger partial charge in [0.1, 0.15) is 11.5 Å². The van der Waals surface area contributed by atoms with Gasteiger partial charge in [-0.15, -0.1) is 0 Å². The lowest BCUT2D eigenvalue weighted by atomic mass is 9.88. The minimum absolute atomic E-state index is 0.124. The number of amides is 1. The first-order chi connectivity index (χ1) is 17.1. The van der Waals surface area contributed by atoms with E-state index in [0.717, 1.165) is 0 Å². The minimum Gasteiger partial charge on any atom is -0.434 e. The third-order valence-electron chi connectivity index (χ3n) is 6.73. The summed E-state index contributed by atoms with van der Waals surface area (Å²) < 4.78 is 48.0. The lowest BCUT2D eigenvalue weighted by Gasteiger charge is -2.38. The number of hydrogen-bond donors (Lipinski definition) is 1. The van der Waals surface area contributed by atoms with Crippen LogP contribution in [-0.2, 0) is 0 Å². The van der Waals surface area contributed by atoms with Crippen molar-refractivity contribution >= 4 is 11.4 Å². The molecule has 36 heavy (non-hydrogen) atoms. The van der Waals surface area contributed by atoms with Gasteiger partial charge < -0.3 is 14.7 Å². The maximum atomic E-state index is 15.1. The van der Waals surface area contributed by atoms with Crippen LogP contribution in [0.4, 0.5) is 13.2 Å². The molecule has 1 aromatic carbocycles. The normalized spacial score (nSPS) is 19.0. The first kappa shape index (κ1) is 22.5. The summed E-state index contributed by atoms with van der Waals surface area (Å²) in [6, 6.07) is 5.31. The zero-order chi connectivity index (χ0) is 25.4. The number of aromatic nitrogens is 4. The Labute approximate surface area is 203 Å². The van der Waals surface area contributed by atoms with E-state index in [-0.39, 0.29) is 16.9 Å². The van der Waals surface area contributed by atoms with Gasteiger partial charge in [-0.05, 0) is 38.5 Å². The number of pyridine rings is 1. The number of alkyl halides is 2. The maximum Gasteiger partial charge on any atom is 0.387 e. The van der Waals surface area contributed by atoms with Gasteiger partial charge in [0.25, 0.3) is 5.91 Å². The molecule has 1 aliphatic carbocycles. The van der Waals surface area contributed by atoms with Crippen molar-refractivity contribution in [1.82, 2.24) is 24.5 Å². The molecule has 1 aliphatic heterocycles. The van der Waals surface area contributed by atoms with Crippen molar-refractivity contribution in [3.8, 4) is 17.0 Å². The van der Waals surface area contributed by atoms with Crippen LogP contribution >= 0.6 is 0 Å². The average Bonchev–Trinajstić information content (AvgIpc) is 3.30. The van der Waals surface area contributed by atoms with Gasteiger partial charge in [0.2, 0.25) is 0 Å². The second-order valence-corrected chi connectivity index (χ2v) is 9.32. The zero-order valence-corrected chi connectivity index (χ0v) is 19.2. The summed E-state index contributed by atoms with van der Waals surface area (Å²) in [5.74, 6) is -1.80. The van der Waals surface area contributed by atoms with E-state index in [2.05, 4.69) is 15.1 Å². The Morgan fingerprint density at radius 2 is 2.00 bits per heavy atom. The zero-order valence-electron chi connectivity index (χ0n) is 19.2. The number of carbonyl (C=O) groups is 1. The molecule has 2 unspecified atom stereocenters. The Morgan fingerprint density at radius 3 is 2.69 bits per heavy atom. The van der Waals surface area contributed by atoms with Crippen molar-refractivity contribution in [3.05, 3.63) is 77.3 Å². The number of halogens is 3. The van der Waals surface area contributed by atoms with Gasteiger partial charge in [-0.25, -0.2) is 8.91 Å². The smallest absolute Gasteiger partial charge is 0.387 e. The maximum absolute atomic E-state index is 15.1. The number of aliphatic hydroxyl groups is 1. The first-order valence-electron chi connectivity index (χ1n) is 11.3. The largest absolute Gasteiger partial charge is 0.434 e. The first-order valence-corrected chi connectivity index (χ1v) is 11.3. The molecule has 0 radical (unpaired) electrons. The number of fused-ring (bicyclic) bond motifs is 9. The molecule has 2 aliphatic rings. The highest BCUT2D eigenvalue weighted by molar-refractivity contribution is 5.99. The highest BCUT2D eigenvalue weighted by Gasteiger charge is 2.50. The van der Waals surface area contributed by atoms with Gasteiger partial charge in [0.05, 0.1) is 35.3 Å². The molecule has 2 bridgehead atoms. The van der Waals surface area contributed by atoms with Crippen molar-refractivity contribution in [2.45, 2.75) is 44.6 Å². The summed E-state index contributed by atoms with van der Waals surface area (Å²) in [6.45, 7) is -0.146. The highest BCUT2D eigenvalue weighted by Crippen LogP contribution is 2.55. The molecule has 2 atom stereocenters. The fourth-order valence-electron chi connectivity index (χ4n) is 5.47. The minimum atomic E-state index is -3.10. The molecule has 11 heteroatoms. The lowest BCUT2D eigenvalue weighted by Crippen LogP contribution is -2.49. The van der Waals surface area contributed by atoms with E-state index >= 15 is 4.39 Å². The van der Waals surface area contributed by atoms with Crippen LogP contribution < -0.4 is 4.74 Å². The van der Waals surface area contributed by atoms with E-state index in [0.29, 0.717) is 34.5 Å². The molecule has 1 N–H and O–H groups in total. The van der Waals surface area contributed by atoms with Crippen LogP contribution in [0.25, 0.3) is 16.8 Å². The quantitative estimate of drug-likeness (QED) is 0.454. The molecule has 0 saturated carbocycles. The van der Waals surface area contributed by atoms with E-state index in [9.17, 15) is 18.7 Å². The van der Waals surface area contributed by atoms with Crippen LogP contribution in [0.5, 0.6) is 5.75 Å². The molecule has 0 fully saturated rings. The van der Waals surface area contributed by atoms with Gasteiger partial charge in [-0.3, -0.25) is 14.8 Å². The second-order valence-electron chi connectivity index (χ2n) is 9.32. The van der Waals surface area contributed by atoms with Gasteiger partial charge >= 0.3 is 6.61 Å². The Bertz CT molecular complexity index is 1520. The van der Waals surface area contributed by atoms with Crippen molar-refractivity contribution < 1.29 is 27.8 Å². The van der Waals surface area contributed by atoms with Crippen molar-refractivity contribution in [2.24, 2.45) is 0 Å². The molecule has 3 aromatic heterocycles. The Balaban J connectivity index is 1.65. The Kier molecular flexibility index (Phi) is 4.84. The van der Waals surface area contributed by atoms with E-state index in [4.69, 9.17) is 4.74 Å². The average molecular weight is 495 g/mol. The lowest BCUT2D eigenvalue weighted by molar-refractivity contribution is -0.0786. The topological polar surface area (TPSA) is 92.8 Å². The molecule has 4 aromatic rings. The Hall–Kier alpha value is -3.99. The molecule has 0 saturated heterocycles. The molecular formula is C25H20F3N5O3. The predicted molar refractivity (Wildman–Crippen MR) is 121 cm³/mol. The number of nitrogens with zero attached hydrogens (tertiary/aromatic N) is 5. The van der Waals surface area contributed by atoms with E-state index in [1.54, 1.807) is 6.07 Å². The van der Waals surface area contributed by atoms with E-state index in [1.165, 1.54) is 66.2 Å². The van der Waals surface area contributed by atoms with E-state index < -0.39 is 36.0 Å². The van der Waals surface area contributed by atoms with Crippen LogP contribution in [0, 0.1) is 5.82 Å². The van der Waals surface area contributed by atoms with Crippen LogP contribution in [0.2, 0.25) is 0 Å². The molecule has 4 heterocycles. The van der Waals surface area contributed by atoms with Crippen LogP contribution in [0.15, 0.2) is 49.1 Å². The monoisotopic (exact) mass is 495 g/mol. The van der Waals surface area contributed by atoms with Crippen LogP contribution in [-0.4, -0.2) is 47.8 Å². The SMILES string of the molecule is CC(C)(O)N1C(=O)c2cccc(OC(F)F)c2C2CC1c1nn3cc(F)c(-c4cnccn4)cc3c12. The van der Waals surface area contributed by atoms with E-state index in [1.807, 2.05) is 0 Å². The summed E-state index contributed by atoms with van der Waals surface area (Å²) in [5.41, 5.74) is 1.01. The third-order valence-corrected chi connectivity index (χ3v) is 6.73. The summed E-state index contributed by atoms with van der Waals surface area (Å²) in [4.78, 5) is 23.1. The third kappa shape index (κ3) is 3.26. The van der Waals surface area contributed by atoms with Gasteiger partial charge in [0.15, 0.2) is 5.82 Å². The molecule has 8 nitrogen and oxygen atoms in total. The van der Waals surface area contributed by atoms with Gasteiger partial charge in [-0.2, -0.15) is 13.9 Å². The molecule has 6 rings (SSSR count). The summed E-state index contributed by atoms with van der Waals surface area (Å²) in [6.07, 6.45) is 5.87. The van der Waals surface area contributed by atoms with Crippen LogP contribution in [0.1, 0.15) is 59.4 Å². The number of carbonyl (C=O) groups excluding carboxylic acids is 1. The van der Waals surface area contributed by atoms with Gasteiger partial charge in [-0.1, -0.05) is 6.07 Å². The standard InChI is InChI=1S/C25H20F3N5O3/c1-25(2,35)33-18-9-14(20-12(23(33)34)4-3-5-19(20)36-24(27)28)21-17-8-13(16-10-29-6-7-30-16)15(26)11-32(17)31-22(18)21/h3-8,10-11,14,18,24,35H,9H2,1-2H3. The molecule has 184 valence electrons.